The van der Waals surface area contributed by atoms with Gasteiger partial charge in [0.1, 0.15) is 16.7 Å². The first-order valence-electron chi connectivity index (χ1n) is 12.4. The molecule has 0 aromatic heterocycles. The zero-order valence-electron chi connectivity index (χ0n) is 21.6. The summed E-state index contributed by atoms with van der Waals surface area (Å²) in [5, 5.41) is 13.0. The first-order valence-corrected chi connectivity index (χ1v) is 13.3. The number of amides is 2. The molecular weight excluding hydrogens is 478 g/mol. The first-order chi connectivity index (χ1) is 17.8. The van der Waals surface area contributed by atoms with Crippen LogP contribution in [-0.4, -0.2) is 17.1 Å². The molecule has 2 atom stereocenters. The van der Waals surface area contributed by atoms with Crippen LogP contribution in [0.1, 0.15) is 55.0 Å². The number of hydrogen-bond donors (Lipinski definition) is 1. The standard InChI is InChI=1S/C31H31N3O2S/c1-20(2)24-14-16-26(17-15-24)34-30(36)28(18-23-12-10-21(3)11-13-23)37-31(34)27(19-32)29(35)33-22(4)25-8-6-5-7-9-25/h5-17,20,22,28H,18H2,1-4H3,(H,33,35)/b31-27-. The minimum Gasteiger partial charge on any atom is -0.345 e. The molecule has 0 spiro atoms. The molecule has 0 radical (unpaired) electrons. The molecule has 2 unspecified atom stereocenters. The third-order valence-corrected chi connectivity index (χ3v) is 7.78. The van der Waals surface area contributed by atoms with Crippen molar-refractivity contribution in [3.63, 3.8) is 0 Å². The highest BCUT2D eigenvalue weighted by molar-refractivity contribution is 8.05. The van der Waals surface area contributed by atoms with Gasteiger partial charge in [-0.1, -0.05) is 97.9 Å². The van der Waals surface area contributed by atoms with Crippen molar-refractivity contribution in [2.24, 2.45) is 0 Å². The van der Waals surface area contributed by atoms with E-state index in [0.29, 0.717) is 23.1 Å². The molecule has 6 heteroatoms. The zero-order chi connectivity index (χ0) is 26.5. The highest BCUT2D eigenvalue weighted by Crippen LogP contribution is 2.42. The fourth-order valence-electron chi connectivity index (χ4n) is 4.26. The van der Waals surface area contributed by atoms with Gasteiger partial charge in [0.25, 0.3) is 5.91 Å². The fraction of sp³-hybridized carbons (Fsp3) is 0.258. The molecule has 37 heavy (non-hydrogen) atoms. The van der Waals surface area contributed by atoms with Crippen LogP contribution >= 0.6 is 11.8 Å². The molecule has 0 aliphatic carbocycles. The number of nitriles is 1. The second kappa shape index (κ2) is 11.5. The van der Waals surface area contributed by atoms with Crippen LogP contribution in [0.25, 0.3) is 0 Å². The molecular formula is C31H31N3O2S. The summed E-state index contributed by atoms with van der Waals surface area (Å²) in [6.45, 7) is 8.13. The van der Waals surface area contributed by atoms with E-state index in [1.807, 2.05) is 92.7 Å². The maximum absolute atomic E-state index is 13.7. The molecule has 1 N–H and O–H groups in total. The summed E-state index contributed by atoms with van der Waals surface area (Å²) in [5.41, 5.74) is 4.87. The molecule has 0 bridgehead atoms. The van der Waals surface area contributed by atoms with Crippen molar-refractivity contribution in [3.05, 3.63) is 112 Å². The zero-order valence-corrected chi connectivity index (χ0v) is 22.4. The maximum atomic E-state index is 13.7. The van der Waals surface area contributed by atoms with Crippen LogP contribution < -0.4 is 10.2 Å². The Morgan fingerprint density at radius 1 is 0.973 bits per heavy atom. The Kier molecular flexibility index (Phi) is 8.15. The van der Waals surface area contributed by atoms with Gasteiger partial charge >= 0.3 is 0 Å². The molecule has 5 nitrogen and oxygen atoms in total. The summed E-state index contributed by atoms with van der Waals surface area (Å²) in [7, 11) is 0. The van der Waals surface area contributed by atoms with Gasteiger partial charge in [-0.3, -0.25) is 14.5 Å². The lowest BCUT2D eigenvalue weighted by Gasteiger charge is -2.20. The van der Waals surface area contributed by atoms with Crippen LogP contribution in [0.15, 0.2) is 89.5 Å². The van der Waals surface area contributed by atoms with Gasteiger partial charge in [-0.05, 0) is 55.0 Å². The Labute approximate surface area is 223 Å². The Bertz CT molecular complexity index is 1340. The first kappa shape index (κ1) is 26.2. The number of nitrogens with one attached hydrogen (secondary N) is 1. The summed E-state index contributed by atoms with van der Waals surface area (Å²) in [4.78, 5) is 28.6. The topological polar surface area (TPSA) is 73.2 Å². The number of benzene rings is 3. The third kappa shape index (κ3) is 5.95. The SMILES string of the molecule is Cc1ccc(CC2S/C(=C(/C#N)C(=O)NC(C)c3ccccc3)N(c3ccc(C(C)C)cc3)C2=O)cc1. The van der Waals surface area contributed by atoms with E-state index in [1.165, 1.54) is 11.8 Å². The lowest BCUT2D eigenvalue weighted by Crippen LogP contribution is -2.32. The van der Waals surface area contributed by atoms with Crippen molar-refractivity contribution >= 4 is 29.3 Å². The Morgan fingerprint density at radius 2 is 1.62 bits per heavy atom. The molecule has 188 valence electrons. The molecule has 1 heterocycles. The van der Waals surface area contributed by atoms with Gasteiger partial charge in [-0.15, -0.1) is 0 Å². The van der Waals surface area contributed by atoms with E-state index >= 15 is 0 Å². The van der Waals surface area contributed by atoms with E-state index < -0.39 is 11.2 Å². The number of rotatable bonds is 7. The average Bonchev–Trinajstić information content (AvgIpc) is 3.21. The minimum absolute atomic E-state index is 0.0551. The smallest absolute Gasteiger partial charge is 0.265 e. The van der Waals surface area contributed by atoms with Crippen molar-refractivity contribution in [2.45, 2.75) is 51.3 Å². The molecule has 4 rings (SSSR count). The summed E-state index contributed by atoms with van der Waals surface area (Å²) in [6, 6.07) is 27.3. The molecule has 1 saturated heterocycles. The summed E-state index contributed by atoms with van der Waals surface area (Å²) < 4.78 is 0. The van der Waals surface area contributed by atoms with Crippen LogP contribution in [0, 0.1) is 18.3 Å². The number of hydrogen-bond acceptors (Lipinski definition) is 4. The normalized spacial score (nSPS) is 17.5. The van der Waals surface area contributed by atoms with Gasteiger partial charge in [-0.25, -0.2) is 0 Å². The van der Waals surface area contributed by atoms with E-state index in [1.54, 1.807) is 4.90 Å². The molecule has 1 aliphatic heterocycles. The highest BCUT2D eigenvalue weighted by atomic mass is 32.2. The van der Waals surface area contributed by atoms with Crippen molar-refractivity contribution < 1.29 is 9.59 Å². The van der Waals surface area contributed by atoms with Crippen molar-refractivity contribution in [3.8, 4) is 6.07 Å². The quantitative estimate of drug-likeness (QED) is 0.295. The fourth-order valence-corrected chi connectivity index (χ4v) is 5.57. The highest BCUT2D eigenvalue weighted by Gasteiger charge is 2.41. The van der Waals surface area contributed by atoms with Crippen LogP contribution in [0.3, 0.4) is 0 Å². The molecule has 2 amide bonds. The van der Waals surface area contributed by atoms with Crippen molar-refractivity contribution in [1.29, 1.82) is 5.26 Å². The number of anilines is 1. The number of carbonyl (C=O) groups is 2. The van der Waals surface area contributed by atoms with Crippen molar-refractivity contribution in [2.75, 3.05) is 4.90 Å². The van der Waals surface area contributed by atoms with Crippen LogP contribution in [0.5, 0.6) is 0 Å². The van der Waals surface area contributed by atoms with Gasteiger partial charge in [0.2, 0.25) is 5.91 Å². The number of aryl methyl sites for hydroxylation is 1. The van der Waals surface area contributed by atoms with Crippen LogP contribution in [0.4, 0.5) is 5.69 Å². The summed E-state index contributed by atoms with van der Waals surface area (Å²) in [5.74, 6) is -0.273. The van der Waals surface area contributed by atoms with E-state index in [2.05, 4.69) is 25.2 Å². The lowest BCUT2D eigenvalue weighted by molar-refractivity contribution is -0.117. The second-order valence-corrected chi connectivity index (χ2v) is 10.8. The van der Waals surface area contributed by atoms with Gasteiger partial charge in [0, 0.05) is 5.69 Å². The number of nitrogens with zero attached hydrogens (tertiary/aromatic N) is 2. The largest absolute Gasteiger partial charge is 0.345 e. The van der Waals surface area contributed by atoms with Gasteiger partial charge in [0.05, 0.1) is 11.3 Å². The Balaban J connectivity index is 1.70. The monoisotopic (exact) mass is 509 g/mol. The lowest BCUT2D eigenvalue weighted by atomic mass is 10.0. The molecule has 3 aromatic carbocycles. The number of thioether (sulfide) groups is 1. The Hall–Kier alpha value is -3.82. The van der Waals surface area contributed by atoms with Gasteiger partial charge in [-0.2, -0.15) is 5.26 Å². The minimum atomic E-state index is -0.492. The van der Waals surface area contributed by atoms with Gasteiger partial charge < -0.3 is 5.32 Å². The molecule has 1 fully saturated rings. The van der Waals surface area contributed by atoms with E-state index in [4.69, 9.17) is 0 Å². The van der Waals surface area contributed by atoms with Crippen LogP contribution in [-0.2, 0) is 16.0 Å². The second-order valence-electron chi connectivity index (χ2n) is 9.61. The van der Waals surface area contributed by atoms with E-state index in [0.717, 1.165) is 22.3 Å². The Morgan fingerprint density at radius 3 is 2.22 bits per heavy atom. The average molecular weight is 510 g/mol. The molecule has 1 aliphatic rings. The van der Waals surface area contributed by atoms with Crippen molar-refractivity contribution in [1.82, 2.24) is 5.32 Å². The number of carbonyl (C=O) groups excluding carboxylic acids is 2. The molecule has 3 aromatic rings. The predicted molar refractivity (Wildman–Crippen MR) is 150 cm³/mol. The predicted octanol–water partition coefficient (Wildman–Crippen LogP) is 6.42. The summed E-state index contributed by atoms with van der Waals surface area (Å²) in [6.07, 6.45) is 0.509. The van der Waals surface area contributed by atoms with Crippen LogP contribution in [0.2, 0.25) is 0 Å². The van der Waals surface area contributed by atoms with E-state index in [9.17, 15) is 14.9 Å². The van der Waals surface area contributed by atoms with E-state index in [-0.39, 0.29) is 17.5 Å². The maximum Gasteiger partial charge on any atom is 0.265 e. The van der Waals surface area contributed by atoms with Gasteiger partial charge in [0.15, 0.2) is 0 Å². The third-order valence-electron chi connectivity index (χ3n) is 6.51. The molecule has 0 saturated carbocycles. The summed E-state index contributed by atoms with van der Waals surface area (Å²) >= 11 is 1.29.